The Bertz CT molecular complexity index is 1300. The number of pyridine rings is 1. The summed E-state index contributed by atoms with van der Waals surface area (Å²) >= 11 is 0. The minimum absolute atomic E-state index is 0.0882. The summed E-state index contributed by atoms with van der Waals surface area (Å²) in [4.78, 5) is 15.7. The van der Waals surface area contributed by atoms with Gasteiger partial charge in [0.05, 0.1) is 23.1 Å². The lowest BCUT2D eigenvalue weighted by Crippen LogP contribution is -2.39. The Kier molecular flexibility index (Phi) is 4.56. The molecule has 3 aromatic heterocycles. The molecule has 0 spiro atoms. The lowest BCUT2D eigenvalue weighted by molar-refractivity contribution is 0.0703. The smallest absolute Gasteiger partial charge is 0.257 e. The molecule has 7 nitrogen and oxygen atoms in total. The van der Waals surface area contributed by atoms with Gasteiger partial charge in [-0.25, -0.2) is 4.68 Å². The Balaban J connectivity index is 1.31. The number of amides is 1. The molecule has 7 heteroatoms. The number of aryl methyl sites for hydroxylation is 1. The molecular weight excluding hydrogens is 400 g/mol. The van der Waals surface area contributed by atoms with E-state index in [-0.39, 0.29) is 11.8 Å². The van der Waals surface area contributed by atoms with Crippen LogP contribution >= 0.6 is 0 Å². The molecule has 4 aromatic rings. The molecular formula is C25H26N6O. The fourth-order valence-corrected chi connectivity index (χ4v) is 4.95. The molecule has 0 bridgehead atoms. The van der Waals surface area contributed by atoms with Crippen molar-refractivity contribution >= 4 is 11.6 Å². The largest absolute Gasteiger partial charge is 0.338 e. The van der Waals surface area contributed by atoms with Crippen LogP contribution in [-0.4, -0.2) is 48.3 Å². The second kappa shape index (κ2) is 7.58. The highest BCUT2D eigenvalue weighted by Crippen LogP contribution is 2.43. The van der Waals surface area contributed by atoms with Gasteiger partial charge in [0.1, 0.15) is 5.82 Å². The fourth-order valence-electron chi connectivity index (χ4n) is 4.95. The van der Waals surface area contributed by atoms with Gasteiger partial charge in [-0.1, -0.05) is 24.3 Å². The van der Waals surface area contributed by atoms with Crippen LogP contribution in [0, 0.1) is 6.92 Å². The lowest BCUT2D eigenvalue weighted by Gasteiger charge is -2.32. The molecule has 32 heavy (non-hydrogen) atoms. The third-order valence-electron chi connectivity index (χ3n) is 6.76. The van der Waals surface area contributed by atoms with Gasteiger partial charge in [0.25, 0.3) is 5.91 Å². The molecule has 162 valence electrons. The van der Waals surface area contributed by atoms with Gasteiger partial charge in [0.15, 0.2) is 5.65 Å². The van der Waals surface area contributed by atoms with E-state index in [1.165, 1.54) is 0 Å². The van der Waals surface area contributed by atoms with Crippen LogP contribution in [0.15, 0.2) is 54.9 Å². The molecule has 0 N–H and O–H groups in total. The molecule has 1 aliphatic carbocycles. The fraction of sp³-hybridized carbons (Fsp3) is 0.360. The maximum absolute atomic E-state index is 13.7. The number of hydrogen-bond acceptors (Lipinski definition) is 4. The molecule has 0 radical (unpaired) electrons. The summed E-state index contributed by atoms with van der Waals surface area (Å²) in [7, 11) is 0. The minimum Gasteiger partial charge on any atom is -0.338 e. The SMILES string of the molecule is Cc1ccccc1-n1ncc(C(=O)N2CCC[C@@H](c3nnc4ccccn34)C2)c1C1CC1. The molecule has 1 aromatic carbocycles. The third-order valence-corrected chi connectivity index (χ3v) is 6.76. The number of para-hydroxylation sites is 1. The Morgan fingerprint density at radius 2 is 1.84 bits per heavy atom. The van der Waals surface area contributed by atoms with Crippen molar-refractivity contribution in [2.24, 2.45) is 0 Å². The monoisotopic (exact) mass is 426 g/mol. The third kappa shape index (κ3) is 3.20. The van der Waals surface area contributed by atoms with E-state index in [4.69, 9.17) is 0 Å². The van der Waals surface area contributed by atoms with Crippen LogP contribution in [0.3, 0.4) is 0 Å². The van der Waals surface area contributed by atoms with E-state index < -0.39 is 0 Å². The van der Waals surface area contributed by atoms with Crippen molar-refractivity contribution in [3.05, 3.63) is 77.5 Å². The Labute approximate surface area is 186 Å². The number of carbonyl (C=O) groups excluding carboxylic acids is 1. The summed E-state index contributed by atoms with van der Waals surface area (Å²) < 4.78 is 4.04. The number of aromatic nitrogens is 5. The van der Waals surface area contributed by atoms with Crippen LogP contribution in [0.2, 0.25) is 0 Å². The van der Waals surface area contributed by atoms with Crippen LogP contribution in [0.1, 0.15) is 65.0 Å². The lowest BCUT2D eigenvalue weighted by atomic mass is 9.96. The minimum atomic E-state index is 0.0882. The maximum atomic E-state index is 13.7. The second-order valence-corrected chi connectivity index (χ2v) is 8.99. The molecule has 1 aliphatic heterocycles. The summed E-state index contributed by atoms with van der Waals surface area (Å²) in [5.74, 6) is 1.62. The van der Waals surface area contributed by atoms with E-state index >= 15 is 0 Å². The molecule has 6 rings (SSSR count). The Morgan fingerprint density at radius 1 is 1.00 bits per heavy atom. The van der Waals surface area contributed by atoms with Crippen molar-refractivity contribution in [1.29, 1.82) is 0 Å². The van der Waals surface area contributed by atoms with Crippen molar-refractivity contribution in [2.75, 3.05) is 13.1 Å². The van der Waals surface area contributed by atoms with Crippen LogP contribution in [0.4, 0.5) is 0 Å². The summed E-state index contributed by atoms with van der Waals surface area (Å²) in [5, 5.41) is 13.4. The van der Waals surface area contributed by atoms with Gasteiger partial charge >= 0.3 is 0 Å². The van der Waals surface area contributed by atoms with Crippen LogP contribution < -0.4 is 0 Å². The highest BCUT2D eigenvalue weighted by molar-refractivity contribution is 5.95. The van der Waals surface area contributed by atoms with E-state index in [1.54, 1.807) is 6.20 Å². The molecule has 2 fully saturated rings. The quantitative estimate of drug-likeness (QED) is 0.492. The topological polar surface area (TPSA) is 68.3 Å². The van der Waals surface area contributed by atoms with E-state index in [2.05, 4.69) is 34.4 Å². The van der Waals surface area contributed by atoms with E-state index in [1.807, 2.05) is 50.5 Å². The average Bonchev–Trinajstić information content (AvgIpc) is 3.42. The predicted octanol–water partition coefficient (Wildman–Crippen LogP) is 4.12. The average molecular weight is 427 g/mol. The van der Waals surface area contributed by atoms with Crippen molar-refractivity contribution in [2.45, 2.75) is 44.4 Å². The highest BCUT2D eigenvalue weighted by Gasteiger charge is 2.36. The van der Waals surface area contributed by atoms with Crippen molar-refractivity contribution in [3.63, 3.8) is 0 Å². The van der Waals surface area contributed by atoms with Gasteiger partial charge in [-0.05, 0) is 56.4 Å². The van der Waals surface area contributed by atoms with Crippen LogP contribution in [0.25, 0.3) is 11.3 Å². The molecule has 1 atom stereocenters. The number of likely N-dealkylation sites (tertiary alicyclic amines) is 1. The number of rotatable bonds is 4. The number of fused-ring (bicyclic) bond motifs is 1. The summed E-state index contributed by atoms with van der Waals surface area (Å²) in [6, 6.07) is 14.2. The van der Waals surface area contributed by atoms with Gasteiger partial charge in [-0.3, -0.25) is 9.20 Å². The Hall–Kier alpha value is -3.48. The number of carbonyl (C=O) groups is 1. The molecule has 2 aliphatic rings. The number of piperidine rings is 1. The summed E-state index contributed by atoms with van der Waals surface area (Å²) in [6.45, 7) is 3.52. The van der Waals surface area contributed by atoms with Gasteiger partial charge in [0.2, 0.25) is 0 Å². The second-order valence-electron chi connectivity index (χ2n) is 8.99. The molecule has 4 heterocycles. The number of benzene rings is 1. The van der Waals surface area contributed by atoms with Gasteiger partial charge in [-0.15, -0.1) is 10.2 Å². The van der Waals surface area contributed by atoms with E-state index in [0.29, 0.717) is 12.5 Å². The molecule has 1 saturated carbocycles. The van der Waals surface area contributed by atoms with Crippen LogP contribution in [0.5, 0.6) is 0 Å². The van der Waals surface area contributed by atoms with Crippen LogP contribution in [-0.2, 0) is 0 Å². The zero-order chi connectivity index (χ0) is 21.7. The highest BCUT2D eigenvalue weighted by atomic mass is 16.2. The van der Waals surface area contributed by atoms with E-state index in [9.17, 15) is 4.79 Å². The Morgan fingerprint density at radius 3 is 2.69 bits per heavy atom. The first-order valence-electron chi connectivity index (χ1n) is 11.4. The summed E-state index contributed by atoms with van der Waals surface area (Å²) in [6.07, 6.45) is 7.99. The van der Waals surface area contributed by atoms with Crippen molar-refractivity contribution in [3.8, 4) is 5.69 Å². The molecule has 0 unspecified atom stereocenters. The molecule has 1 amide bonds. The van der Waals surface area contributed by atoms with Gasteiger partial charge < -0.3 is 4.90 Å². The first kappa shape index (κ1) is 19.2. The zero-order valence-corrected chi connectivity index (χ0v) is 18.2. The zero-order valence-electron chi connectivity index (χ0n) is 18.2. The van der Waals surface area contributed by atoms with E-state index in [0.717, 1.165) is 66.2 Å². The van der Waals surface area contributed by atoms with Gasteiger partial charge in [0, 0.05) is 31.1 Å². The van der Waals surface area contributed by atoms with Gasteiger partial charge in [-0.2, -0.15) is 5.10 Å². The van der Waals surface area contributed by atoms with Crippen molar-refractivity contribution in [1.82, 2.24) is 29.3 Å². The maximum Gasteiger partial charge on any atom is 0.257 e. The number of nitrogens with zero attached hydrogens (tertiary/aromatic N) is 6. The summed E-state index contributed by atoms with van der Waals surface area (Å²) in [5.41, 5.74) is 4.89. The number of hydrogen-bond donors (Lipinski definition) is 0. The normalized spacial score (nSPS) is 18.9. The standard InChI is InChI=1S/C25H26N6O/c1-17-7-2-3-9-21(17)31-23(18-11-12-18)20(15-26-31)25(32)29-13-6-8-19(16-29)24-28-27-22-10-4-5-14-30(22)24/h2-5,7,9-10,14-15,18-19H,6,8,11-13,16H2,1H3/t19-/m1/s1. The molecule has 1 saturated heterocycles. The first-order valence-corrected chi connectivity index (χ1v) is 11.4. The van der Waals surface area contributed by atoms with Crippen molar-refractivity contribution < 1.29 is 4.79 Å². The first-order chi connectivity index (χ1) is 15.7. The predicted molar refractivity (Wildman–Crippen MR) is 121 cm³/mol.